The molecule has 5 atom stereocenters. The molecule has 0 bridgehead atoms. The Kier molecular flexibility index (Phi) is 10.5. The molecule has 12 heteroatoms. The number of carbonyl (C=O) groups excluding carboxylic acids is 1. The van der Waals surface area contributed by atoms with Crippen molar-refractivity contribution in [3.05, 3.63) is 105 Å². The number of aryl methyl sites for hydroxylation is 1. The monoisotopic (exact) mass is 675 g/mol. The number of fused-ring (bicyclic) bond motifs is 2. The van der Waals surface area contributed by atoms with Crippen molar-refractivity contribution in [2.24, 2.45) is 5.92 Å². The largest absolute Gasteiger partial charge is 0.395 e. The molecule has 1 fully saturated rings. The van der Waals surface area contributed by atoms with Crippen LogP contribution in [-0.2, 0) is 21.7 Å². The Balaban J connectivity index is 1.44. The summed E-state index contributed by atoms with van der Waals surface area (Å²) in [5, 5.41) is 30.6. The number of hydrogen-bond acceptors (Lipinski definition) is 7. The molecule has 1 N–H and O–H groups in total. The zero-order valence-corrected chi connectivity index (χ0v) is 29.6. The standard InChI is InChI=1S/C36H46FN5O5Si/c1-24(2)11-10-12-25(3)17-20-41-32-16-15-28(42(45)46)21-30(32)36(35(41)44)26(4)34(48(5,6)37)33(47-36)18-19-40-22-31(38-39-40)29(23-43)27-13-8-7-9-14-27/h7-9,11,13-17,21-22,26,29,33-34,43H,10,12,18-20,23H2,1-6H3/b25-17+/t26-,29?,33+,34-,36+/m1/s1. The number of carbonyl (C=O) groups is 1. The minimum atomic E-state index is -3.44. The molecule has 1 spiro atoms. The van der Waals surface area contributed by atoms with E-state index in [1.165, 1.54) is 17.7 Å². The molecular formula is C36H46FN5O5Si. The first kappa shape index (κ1) is 35.3. The van der Waals surface area contributed by atoms with Crippen LogP contribution in [0.1, 0.15) is 69.7 Å². The molecule has 1 unspecified atom stereocenters. The van der Waals surface area contributed by atoms with Crippen LogP contribution in [0.15, 0.2) is 78.0 Å². The number of aromatic nitrogens is 3. The number of aliphatic hydroxyl groups is 1. The van der Waals surface area contributed by atoms with Gasteiger partial charge >= 0.3 is 0 Å². The number of nitro groups is 1. The Labute approximate surface area is 282 Å². The Morgan fingerprint density at radius 1 is 1.19 bits per heavy atom. The van der Waals surface area contributed by atoms with E-state index >= 15 is 4.11 Å². The van der Waals surface area contributed by atoms with Gasteiger partial charge in [-0.05, 0) is 64.8 Å². The van der Waals surface area contributed by atoms with E-state index in [-0.39, 0.29) is 30.7 Å². The molecule has 2 aliphatic heterocycles. The third-order valence-corrected chi connectivity index (χ3v) is 12.3. The Bertz CT molecular complexity index is 1700. The third-order valence-electron chi connectivity index (χ3n) is 9.81. The lowest BCUT2D eigenvalue weighted by Crippen LogP contribution is -2.45. The molecule has 1 amide bonds. The molecule has 48 heavy (non-hydrogen) atoms. The van der Waals surface area contributed by atoms with Gasteiger partial charge in [0.25, 0.3) is 11.6 Å². The molecule has 10 nitrogen and oxygen atoms in total. The lowest BCUT2D eigenvalue weighted by atomic mass is 9.82. The number of benzene rings is 2. The van der Waals surface area contributed by atoms with E-state index in [1.807, 2.05) is 50.3 Å². The van der Waals surface area contributed by atoms with Gasteiger partial charge in [-0.15, -0.1) is 5.10 Å². The molecule has 2 aromatic carbocycles. The van der Waals surface area contributed by atoms with E-state index in [9.17, 15) is 20.0 Å². The quantitative estimate of drug-likeness (QED) is 0.0667. The highest BCUT2D eigenvalue weighted by atomic mass is 28.4. The van der Waals surface area contributed by atoms with Crippen LogP contribution in [0.4, 0.5) is 15.5 Å². The maximum atomic E-state index is 16.3. The van der Waals surface area contributed by atoms with Gasteiger partial charge in [0, 0.05) is 48.4 Å². The molecule has 1 aromatic heterocycles. The van der Waals surface area contributed by atoms with Crippen LogP contribution < -0.4 is 4.90 Å². The van der Waals surface area contributed by atoms with Gasteiger partial charge in [0.05, 0.1) is 34.9 Å². The lowest BCUT2D eigenvalue weighted by Gasteiger charge is -2.31. The molecule has 0 saturated carbocycles. The number of halogens is 1. The second kappa shape index (κ2) is 14.2. The summed E-state index contributed by atoms with van der Waals surface area (Å²) in [7, 11) is -3.44. The van der Waals surface area contributed by atoms with E-state index in [2.05, 4.69) is 30.2 Å². The number of amides is 1. The summed E-state index contributed by atoms with van der Waals surface area (Å²) >= 11 is 0. The molecule has 256 valence electrons. The number of hydrogen-bond donors (Lipinski definition) is 1. The number of rotatable bonds is 13. The van der Waals surface area contributed by atoms with Gasteiger partial charge in [-0.1, -0.05) is 65.8 Å². The van der Waals surface area contributed by atoms with E-state index < -0.39 is 36.5 Å². The van der Waals surface area contributed by atoms with Crippen LogP contribution in [-0.4, -0.2) is 58.6 Å². The Morgan fingerprint density at radius 2 is 1.92 bits per heavy atom. The van der Waals surface area contributed by atoms with E-state index in [4.69, 9.17) is 4.74 Å². The fourth-order valence-corrected chi connectivity index (χ4v) is 9.98. The summed E-state index contributed by atoms with van der Waals surface area (Å²) in [5.41, 5.74) is 2.62. The van der Waals surface area contributed by atoms with E-state index in [0.717, 1.165) is 24.0 Å². The fraction of sp³-hybridized carbons (Fsp3) is 0.472. The molecule has 0 radical (unpaired) electrons. The van der Waals surface area contributed by atoms with Crippen LogP contribution in [0.5, 0.6) is 0 Å². The smallest absolute Gasteiger partial charge is 0.269 e. The summed E-state index contributed by atoms with van der Waals surface area (Å²) in [6, 6.07) is 14.0. The molecule has 2 aliphatic rings. The first-order valence-electron chi connectivity index (χ1n) is 16.6. The predicted molar refractivity (Wildman–Crippen MR) is 186 cm³/mol. The summed E-state index contributed by atoms with van der Waals surface area (Å²) in [5.74, 6) is -1.23. The molecule has 0 aliphatic carbocycles. The first-order chi connectivity index (χ1) is 22.8. The summed E-state index contributed by atoms with van der Waals surface area (Å²) in [6.45, 7) is 11.8. The van der Waals surface area contributed by atoms with Crippen LogP contribution in [0.2, 0.25) is 18.6 Å². The topological polar surface area (TPSA) is 124 Å². The number of allylic oxidation sites excluding steroid dienone is 3. The van der Waals surface area contributed by atoms with Gasteiger partial charge in [0.2, 0.25) is 8.41 Å². The molecule has 3 aromatic rings. The van der Waals surface area contributed by atoms with Crippen molar-refractivity contribution >= 4 is 25.7 Å². The molecule has 1 saturated heterocycles. The Hall–Kier alpha value is -4.00. The average molecular weight is 676 g/mol. The summed E-state index contributed by atoms with van der Waals surface area (Å²) < 4.78 is 24.7. The van der Waals surface area contributed by atoms with Crippen molar-refractivity contribution in [1.82, 2.24) is 15.0 Å². The van der Waals surface area contributed by atoms with Crippen molar-refractivity contribution in [2.45, 2.75) is 89.8 Å². The van der Waals surface area contributed by atoms with Gasteiger partial charge in [-0.3, -0.25) is 19.6 Å². The van der Waals surface area contributed by atoms with Crippen molar-refractivity contribution in [3.63, 3.8) is 0 Å². The lowest BCUT2D eigenvalue weighted by molar-refractivity contribution is -0.385. The average Bonchev–Trinajstić information content (AvgIpc) is 3.69. The second-order valence-electron chi connectivity index (χ2n) is 13.9. The van der Waals surface area contributed by atoms with Gasteiger partial charge in [-0.25, -0.2) is 0 Å². The number of nitro benzene ring substituents is 1. The van der Waals surface area contributed by atoms with Crippen molar-refractivity contribution in [2.75, 3.05) is 18.1 Å². The number of ether oxygens (including phenoxy) is 1. The zero-order chi connectivity index (χ0) is 34.8. The first-order valence-corrected chi connectivity index (χ1v) is 19.6. The van der Waals surface area contributed by atoms with Gasteiger partial charge < -0.3 is 18.9 Å². The number of nitrogens with zero attached hydrogens (tertiary/aromatic N) is 5. The van der Waals surface area contributed by atoms with E-state index in [0.29, 0.717) is 29.9 Å². The van der Waals surface area contributed by atoms with Gasteiger partial charge in [0.1, 0.15) is 0 Å². The van der Waals surface area contributed by atoms with Crippen LogP contribution in [0.25, 0.3) is 0 Å². The number of anilines is 1. The van der Waals surface area contributed by atoms with Crippen LogP contribution in [0, 0.1) is 16.0 Å². The van der Waals surface area contributed by atoms with Crippen molar-refractivity contribution in [1.29, 1.82) is 0 Å². The predicted octanol–water partition coefficient (Wildman–Crippen LogP) is 7.22. The highest BCUT2D eigenvalue weighted by Gasteiger charge is 2.66. The highest BCUT2D eigenvalue weighted by molar-refractivity contribution is 6.72. The minimum Gasteiger partial charge on any atom is -0.395 e. The van der Waals surface area contributed by atoms with Crippen LogP contribution in [0.3, 0.4) is 0 Å². The third kappa shape index (κ3) is 6.92. The fourth-order valence-electron chi connectivity index (χ4n) is 7.43. The van der Waals surface area contributed by atoms with Gasteiger partial charge in [-0.2, -0.15) is 0 Å². The van der Waals surface area contributed by atoms with E-state index in [1.54, 1.807) is 34.9 Å². The van der Waals surface area contributed by atoms with Crippen molar-refractivity contribution < 1.29 is 23.7 Å². The SMILES string of the molecule is CC(C)=CCC/C(C)=C/CN1C(=O)[C@@]2(O[C@@H](CCn3cc(C(CO)c4ccccc4)nn3)[C@H]([Si](C)(C)F)[C@H]2C)c2cc([N+](=O)[O-])ccc21. The summed E-state index contributed by atoms with van der Waals surface area (Å²) in [4.78, 5) is 27.6. The number of non-ortho nitro benzene ring substituents is 1. The van der Waals surface area contributed by atoms with Crippen molar-refractivity contribution in [3.8, 4) is 0 Å². The Morgan fingerprint density at radius 3 is 2.56 bits per heavy atom. The molecule has 5 rings (SSSR count). The van der Waals surface area contributed by atoms with Crippen LogP contribution >= 0.6 is 0 Å². The minimum absolute atomic E-state index is 0.132. The maximum absolute atomic E-state index is 16.3. The number of aliphatic hydroxyl groups excluding tert-OH is 1. The molecular weight excluding hydrogens is 630 g/mol. The normalized spacial score (nSPS) is 23.1. The maximum Gasteiger partial charge on any atom is 0.269 e. The summed E-state index contributed by atoms with van der Waals surface area (Å²) in [6.07, 6.45) is 7.43. The van der Waals surface area contributed by atoms with Gasteiger partial charge in [0.15, 0.2) is 5.60 Å². The highest BCUT2D eigenvalue weighted by Crippen LogP contribution is 2.60. The zero-order valence-electron chi connectivity index (χ0n) is 28.6. The molecule has 3 heterocycles. The second-order valence-corrected chi connectivity index (χ2v) is 17.7.